The Labute approximate surface area is 84.5 Å². The standard InChI is InChI=1S/C11H17N3/c1-8-6-12-7-14(8)11-4-9-2-3-10(5-11)13-9/h6-7,9-11,13H,2-5H2,1H3. The molecule has 0 radical (unpaired) electrons. The summed E-state index contributed by atoms with van der Waals surface area (Å²) in [5, 5.41) is 3.67. The number of rotatable bonds is 1. The van der Waals surface area contributed by atoms with Crippen LogP contribution in [-0.4, -0.2) is 21.6 Å². The van der Waals surface area contributed by atoms with E-state index in [-0.39, 0.29) is 0 Å². The van der Waals surface area contributed by atoms with Crippen molar-refractivity contribution in [2.45, 2.75) is 50.7 Å². The summed E-state index contributed by atoms with van der Waals surface area (Å²) in [5.74, 6) is 0. The Hall–Kier alpha value is -0.830. The predicted molar refractivity (Wildman–Crippen MR) is 55.2 cm³/mol. The fraction of sp³-hybridized carbons (Fsp3) is 0.727. The first-order valence-electron chi connectivity index (χ1n) is 5.57. The molecule has 2 aliphatic rings. The van der Waals surface area contributed by atoms with E-state index in [0.717, 1.165) is 12.1 Å². The van der Waals surface area contributed by atoms with E-state index < -0.39 is 0 Å². The van der Waals surface area contributed by atoms with Crippen molar-refractivity contribution in [1.29, 1.82) is 0 Å². The minimum Gasteiger partial charge on any atom is -0.332 e. The highest BCUT2D eigenvalue weighted by Gasteiger charge is 2.34. The van der Waals surface area contributed by atoms with Crippen LogP contribution in [-0.2, 0) is 0 Å². The molecular formula is C11H17N3. The minimum atomic E-state index is 0.691. The summed E-state index contributed by atoms with van der Waals surface area (Å²) in [6.07, 6.45) is 9.26. The summed E-state index contributed by atoms with van der Waals surface area (Å²) in [7, 11) is 0. The quantitative estimate of drug-likeness (QED) is 0.731. The first kappa shape index (κ1) is 8.48. The second-order valence-corrected chi connectivity index (χ2v) is 4.71. The molecule has 2 bridgehead atoms. The molecule has 2 aliphatic heterocycles. The average Bonchev–Trinajstić information content (AvgIpc) is 2.73. The van der Waals surface area contributed by atoms with E-state index in [2.05, 4.69) is 21.8 Å². The van der Waals surface area contributed by atoms with E-state index in [9.17, 15) is 0 Å². The molecule has 0 aliphatic carbocycles. The molecule has 2 fully saturated rings. The summed E-state index contributed by atoms with van der Waals surface area (Å²) >= 11 is 0. The molecule has 76 valence electrons. The van der Waals surface area contributed by atoms with E-state index >= 15 is 0 Å². The Bertz CT molecular complexity index is 319. The van der Waals surface area contributed by atoms with Gasteiger partial charge in [-0.15, -0.1) is 0 Å². The highest BCUT2D eigenvalue weighted by molar-refractivity contribution is 5.01. The number of aryl methyl sites for hydroxylation is 1. The maximum Gasteiger partial charge on any atom is 0.0950 e. The Morgan fingerprint density at radius 2 is 2.07 bits per heavy atom. The summed E-state index contributed by atoms with van der Waals surface area (Å²) in [6, 6.07) is 2.22. The van der Waals surface area contributed by atoms with Gasteiger partial charge < -0.3 is 9.88 Å². The van der Waals surface area contributed by atoms with Gasteiger partial charge in [-0.25, -0.2) is 4.98 Å². The topological polar surface area (TPSA) is 29.9 Å². The Morgan fingerprint density at radius 1 is 1.36 bits per heavy atom. The maximum absolute atomic E-state index is 4.21. The van der Waals surface area contributed by atoms with Crippen molar-refractivity contribution in [3.05, 3.63) is 18.2 Å². The van der Waals surface area contributed by atoms with Crippen molar-refractivity contribution in [2.24, 2.45) is 0 Å². The van der Waals surface area contributed by atoms with E-state index in [1.165, 1.54) is 31.4 Å². The third kappa shape index (κ3) is 1.27. The van der Waals surface area contributed by atoms with Crippen LogP contribution in [0.25, 0.3) is 0 Å². The van der Waals surface area contributed by atoms with Gasteiger partial charge in [-0.2, -0.15) is 0 Å². The highest BCUT2D eigenvalue weighted by Crippen LogP contribution is 2.34. The molecule has 0 aromatic carbocycles. The zero-order valence-corrected chi connectivity index (χ0v) is 8.61. The van der Waals surface area contributed by atoms with Crippen LogP contribution in [0.4, 0.5) is 0 Å². The third-order valence-corrected chi connectivity index (χ3v) is 3.70. The van der Waals surface area contributed by atoms with Crippen LogP contribution in [0.3, 0.4) is 0 Å². The van der Waals surface area contributed by atoms with E-state index in [0.29, 0.717) is 6.04 Å². The minimum absolute atomic E-state index is 0.691. The van der Waals surface area contributed by atoms with E-state index in [1.54, 1.807) is 0 Å². The van der Waals surface area contributed by atoms with Gasteiger partial charge in [0.05, 0.1) is 6.33 Å². The van der Waals surface area contributed by atoms with Crippen molar-refractivity contribution in [2.75, 3.05) is 0 Å². The monoisotopic (exact) mass is 191 g/mol. The lowest BCUT2D eigenvalue weighted by Crippen LogP contribution is -2.38. The van der Waals surface area contributed by atoms with Gasteiger partial charge >= 0.3 is 0 Å². The number of fused-ring (bicyclic) bond motifs is 2. The molecule has 3 heterocycles. The molecule has 3 nitrogen and oxygen atoms in total. The lowest BCUT2D eigenvalue weighted by molar-refractivity contribution is 0.296. The number of nitrogens with one attached hydrogen (secondary N) is 1. The van der Waals surface area contributed by atoms with Crippen LogP contribution in [0.2, 0.25) is 0 Å². The van der Waals surface area contributed by atoms with Gasteiger partial charge in [-0.05, 0) is 32.6 Å². The van der Waals surface area contributed by atoms with Gasteiger partial charge in [0.2, 0.25) is 0 Å². The molecule has 0 spiro atoms. The largest absolute Gasteiger partial charge is 0.332 e. The number of piperidine rings is 1. The van der Waals surface area contributed by atoms with Crippen LogP contribution in [0.1, 0.15) is 37.4 Å². The number of hydrogen-bond donors (Lipinski definition) is 1. The summed E-state index contributed by atoms with van der Waals surface area (Å²) in [4.78, 5) is 4.21. The zero-order chi connectivity index (χ0) is 9.54. The summed E-state index contributed by atoms with van der Waals surface area (Å²) in [6.45, 7) is 2.15. The van der Waals surface area contributed by atoms with Crippen LogP contribution in [0, 0.1) is 6.92 Å². The van der Waals surface area contributed by atoms with Gasteiger partial charge in [0.25, 0.3) is 0 Å². The van der Waals surface area contributed by atoms with Crippen LogP contribution in [0.5, 0.6) is 0 Å². The van der Waals surface area contributed by atoms with Crippen molar-refractivity contribution in [1.82, 2.24) is 14.9 Å². The molecule has 3 rings (SSSR count). The molecule has 2 unspecified atom stereocenters. The second-order valence-electron chi connectivity index (χ2n) is 4.71. The lowest BCUT2D eigenvalue weighted by atomic mass is 9.99. The molecule has 1 aromatic rings. The molecule has 2 saturated heterocycles. The predicted octanol–water partition coefficient (Wildman–Crippen LogP) is 1.65. The highest BCUT2D eigenvalue weighted by atomic mass is 15.1. The number of aromatic nitrogens is 2. The molecule has 14 heavy (non-hydrogen) atoms. The maximum atomic E-state index is 4.21. The molecule has 0 amide bonds. The number of hydrogen-bond acceptors (Lipinski definition) is 2. The zero-order valence-electron chi connectivity index (χ0n) is 8.61. The van der Waals surface area contributed by atoms with Gasteiger partial charge in [-0.3, -0.25) is 0 Å². The van der Waals surface area contributed by atoms with Crippen LogP contribution in [0.15, 0.2) is 12.5 Å². The Balaban J connectivity index is 1.84. The first-order chi connectivity index (χ1) is 6.83. The average molecular weight is 191 g/mol. The van der Waals surface area contributed by atoms with E-state index in [1.807, 2.05) is 12.5 Å². The summed E-state index contributed by atoms with van der Waals surface area (Å²) in [5.41, 5.74) is 1.30. The molecule has 1 aromatic heterocycles. The van der Waals surface area contributed by atoms with Crippen molar-refractivity contribution in [3.8, 4) is 0 Å². The van der Waals surface area contributed by atoms with Gasteiger partial charge in [-0.1, -0.05) is 0 Å². The molecule has 3 heteroatoms. The normalized spacial score (nSPS) is 36.2. The van der Waals surface area contributed by atoms with Gasteiger partial charge in [0, 0.05) is 30.0 Å². The molecule has 1 N–H and O–H groups in total. The lowest BCUT2D eigenvalue weighted by Gasteiger charge is -2.30. The SMILES string of the molecule is Cc1cncn1C1CC2CCC(C1)N2. The molecule has 2 atom stereocenters. The molecule has 0 saturated carbocycles. The number of imidazole rings is 1. The smallest absolute Gasteiger partial charge is 0.0950 e. The number of nitrogens with zero attached hydrogens (tertiary/aromatic N) is 2. The van der Waals surface area contributed by atoms with Crippen molar-refractivity contribution >= 4 is 0 Å². The van der Waals surface area contributed by atoms with Gasteiger partial charge in [0.15, 0.2) is 0 Å². The Kier molecular flexibility index (Phi) is 1.87. The van der Waals surface area contributed by atoms with Crippen LogP contribution >= 0.6 is 0 Å². The third-order valence-electron chi connectivity index (χ3n) is 3.70. The van der Waals surface area contributed by atoms with Crippen molar-refractivity contribution in [3.63, 3.8) is 0 Å². The van der Waals surface area contributed by atoms with Crippen molar-refractivity contribution < 1.29 is 0 Å². The fourth-order valence-corrected chi connectivity index (χ4v) is 3.01. The molecular weight excluding hydrogens is 174 g/mol. The van der Waals surface area contributed by atoms with Crippen LogP contribution < -0.4 is 5.32 Å². The second kappa shape index (κ2) is 3.09. The van der Waals surface area contributed by atoms with E-state index in [4.69, 9.17) is 0 Å². The van der Waals surface area contributed by atoms with Gasteiger partial charge in [0.1, 0.15) is 0 Å². The first-order valence-corrected chi connectivity index (χ1v) is 5.57. The summed E-state index contributed by atoms with van der Waals surface area (Å²) < 4.78 is 2.35. The fourth-order valence-electron chi connectivity index (χ4n) is 3.01. The Morgan fingerprint density at radius 3 is 2.64 bits per heavy atom.